The molecule has 0 aliphatic rings. The number of fused-ring (bicyclic) bond motifs is 1. The minimum atomic E-state index is -4.68. The topological polar surface area (TPSA) is 59.3 Å². The van der Waals surface area contributed by atoms with Gasteiger partial charge in [0.1, 0.15) is 5.58 Å². The number of hydrogen-bond acceptors (Lipinski definition) is 3. The summed E-state index contributed by atoms with van der Waals surface area (Å²) < 4.78 is 44.2. The van der Waals surface area contributed by atoms with Gasteiger partial charge in [0.05, 0.1) is 16.0 Å². The van der Waals surface area contributed by atoms with Crippen LogP contribution in [0.15, 0.2) is 45.6 Å². The van der Waals surface area contributed by atoms with Gasteiger partial charge in [-0.25, -0.2) is 0 Å². The molecule has 2 aromatic carbocycles. The molecular formula is C18H10Cl2F3NO3. The van der Waals surface area contributed by atoms with Crippen LogP contribution in [0.25, 0.3) is 11.0 Å². The summed E-state index contributed by atoms with van der Waals surface area (Å²) in [5.41, 5.74) is -0.964. The molecule has 0 saturated heterocycles. The number of halogens is 5. The zero-order valence-corrected chi connectivity index (χ0v) is 15.1. The van der Waals surface area contributed by atoms with Gasteiger partial charge in [-0.15, -0.1) is 0 Å². The molecule has 3 aromatic rings. The van der Waals surface area contributed by atoms with Gasteiger partial charge >= 0.3 is 6.18 Å². The van der Waals surface area contributed by atoms with E-state index in [1.54, 1.807) is 6.92 Å². The van der Waals surface area contributed by atoms with Crippen molar-refractivity contribution in [3.8, 4) is 0 Å². The zero-order chi connectivity index (χ0) is 19.9. The number of aryl methyl sites for hydroxylation is 1. The summed E-state index contributed by atoms with van der Waals surface area (Å²) in [6.45, 7) is 1.70. The Morgan fingerprint density at radius 3 is 2.44 bits per heavy atom. The van der Waals surface area contributed by atoms with Crippen LogP contribution in [0.1, 0.15) is 21.7 Å². The van der Waals surface area contributed by atoms with E-state index in [9.17, 15) is 22.8 Å². The third kappa shape index (κ3) is 3.94. The molecule has 1 aromatic heterocycles. The summed E-state index contributed by atoms with van der Waals surface area (Å²) in [4.78, 5) is 24.5. The fourth-order valence-electron chi connectivity index (χ4n) is 2.40. The van der Waals surface area contributed by atoms with Crippen LogP contribution in [-0.4, -0.2) is 5.91 Å². The SMILES string of the molecule is Cc1cc2oc(C(=O)Nc3ccc(Cl)c(C(F)(F)F)c3)cc(=O)c2cc1Cl. The van der Waals surface area contributed by atoms with Gasteiger partial charge in [-0.05, 0) is 42.8 Å². The van der Waals surface area contributed by atoms with Crippen molar-refractivity contribution in [2.24, 2.45) is 0 Å². The van der Waals surface area contributed by atoms with Gasteiger partial charge in [0, 0.05) is 16.8 Å². The maximum absolute atomic E-state index is 12.9. The van der Waals surface area contributed by atoms with E-state index in [1.807, 2.05) is 0 Å². The number of hydrogen-bond donors (Lipinski definition) is 1. The first-order valence-corrected chi connectivity index (χ1v) is 8.24. The molecule has 1 heterocycles. The molecule has 9 heteroatoms. The summed E-state index contributed by atoms with van der Waals surface area (Å²) in [5.74, 6) is -1.23. The third-order valence-electron chi connectivity index (χ3n) is 3.76. The first-order valence-electron chi connectivity index (χ1n) is 7.48. The van der Waals surface area contributed by atoms with E-state index in [0.717, 1.165) is 12.1 Å². The number of amides is 1. The molecule has 0 aliphatic carbocycles. The molecule has 0 fully saturated rings. The molecule has 0 radical (unpaired) electrons. The molecule has 0 unspecified atom stereocenters. The molecule has 27 heavy (non-hydrogen) atoms. The summed E-state index contributed by atoms with van der Waals surface area (Å²) in [7, 11) is 0. The Hall–Kier alpha value is -2.51. The summed E-state index contributed by atoms with van der Waals surface area (Å²) >= 11 is 11.5. The van der Waals surface area contributed by atoms with Crippen LogP contribution in [0.4, 0.5) is 18.9 Å². The van der Waals surface area contributed by atoms with E-state index in [1.165, 1.54) is 18.2 Å². The Labute approximate surface area is 160 Å². The molecule has 0 bridgehead atoms. The van der Waals surface area contributed by atoms with Crippen molar-refractivity contribution in [1.82, 2.24) is 0 Å². The summed E-state index contributed by atoms with van der Waals surface area (Å²) in [6.07, 6.45) is -4.68. The van der Waals surface area contributed by atoms with Crippen molar-refractivity contribution in [3.05, 3.63) is 73.6 Å². The number of anilines is 1. The lowest BCUT2D eigenvalue weighted by molar-refractivity contribution is -0.137. The van der Waals surface area contributed by atoms with Crippen LogP contribution in [0, 0.1) is 6.92 Å². The summed E-state index contributed by atoms with van der Waals surface area (Å²) in [5, 5.41) is 2.32. The van der Waals surface area contributed by atoms with Crippen molar-refractivity contribution in [1.29, 1.82) is 0 Å². The molecule has 1 amide bonds. The molecule has 0 atom stereocenters. The van der Waals surface area contributed by atoms with Gasteiger partial charge < -0.3 is 9.73 Å². The highest BCUT2D eigenvalue weighted by Gasteiger charge is 2.33. The highest BCUT2D eigenvalue weighted by Crippen LogP contribution is 2.36. The predicted octanol–water partition coefficient (Wildman–Crippen LogP) is 5.68. The number of carbonyl (C=O) groups excluding carboxylic acids is 1. The lowest BCUT2D eigenvalue weighted by Crippen LogP contribution is -2.16. The van der Waals surface area contributed by atoms with Gasteiger partial charge in [0.2, 0.25) is 0 Å². The number of nitrogens with one attached hydrogen (secondary N) is 1. The molecule has 1 N–H and O–H groups in total. The minimum absolute atomic E-state index is 0.140. The Morgan fingerprint density at radius 1 is 1.07 bits per heavy atom. The number of carbonyl (C=O) groups is 1. The Morgan fingerprint density at radius 2 is 1.78 bits per heavy atom. The second-order valence-corrected chi connectivity index (χ2v) is 6.53. The standard InChI is InChI=1S/C18H10Cl2F3NO3/c1-8-4-15-10(6-13(8)20)14(25)7-16(27-15)17(26)24-9-2-3-12(19)11(5-9)18(21,22)23/h2-7H,1H3,(H,24,26). The number of rotatable bonds is 2. The smallest absolute Gasteiger partial charge is 0.417 e. The quantitative estimate of drug-likeness (QED) is 0.585. The van der Waals surface area contributed by atoms with E-state index in [-0.39, 0.29) is 22.4 Å². The predicted molar refractivity (Wildman–Crippen MR) is 96.6 cm³/mol. The van der Waals surface area contributed by atoms with Gasteiger partial charge in [-0.2, -0.15) is 13.2 Å². The van der Waals surface area contributed by atoms with E-state index < -0.39 is 28.1 Å². The first kappa shape index (κ1) is 19.3. The lowest BCUT2D eigenvalue weighted by Gasteiger charge is -2.11. The van der Waals surface area contributed by atoms with E-state index in [0.29, 0.717) is 16.7 Å². The molecule has 4 nitrogen and oxygen atoms in total. The zero-order valence-electron chi connectivity index (χ0n) is 13.6. The third-order valence-corrected chi connectivity index (χ3v) is 4.50. The van der Waals surface area contributed by atoms with Crippen molar-refractivity contribution in [2.45, 2.75) is 13.1 Å². The van der Waals surface area contributed by atoms with Gasteiger partial charge in [-0.3, -0.25) is 9.59 Å². The molecule has 0 aliphatic heterocycles. The first-order chi connectivity index (χ1) is 12.6. The molecule has 140 valence electrons. The average Bonchev–Trinajstić information content (AvgIpc) is 2.57. The van der Waals surface area contributed by atoms with Crippen molar-refractivity contribution in [3.63, 3.8) is 0 Å². The second-order valence-electron chi connectivity index (χ2n) is 5.72. The van der Waals surface area contributed by atoms with Gasteiger partial charge in [0.25, 0.3) is 5.91 Å². The number of alkyl halides is 3. The Bertz CT molecular complexity index is 1120. The van der Waals surface area contributed by atoms with Crippen LogP contribution < -0.4 is 10.7 Å². The Balaban J connectivity index is 1.98. The maximum atomic E-state index is 12.9. The fourth-order valence-corrected chi connectivity index (χ4v) is 2.79. The van der Waals surface area contributed by atoms with Crippen LogP contribution in [0.5, 0.6) is 0 Å². The Kier molecular flexibility index (Phi) is 4.92. The van der Waals surface area contributed by atoms with E-state index in [4.69, 9.17) is 27.6 Å². The van der Waals surface area contributed by atoms with E-state index >= 15 is 0 Å². The lowest BCUT2D eigenvalue weighted by atomic mass is 10.1. The highest BCUT2D eigenvalue weighted by atomic mass is 35.5. The molecule has 0 spiro atoms. The maximum Gasteiger partial charge on any atom is 0.417 e. The largest absolute Gasteiger partial charge is 0.451 e. The van der Waals surface area contributed by atoms with E-state index in [2.05, 4.69) is 5.32 Å². The van der Waals surface area contributed by atoms with Gasteiger partial charge in [-0.1, -0.05) is 23.2 Å². The van der Waals surface area contributed by atoms with Crippen LogP contribution in [0.2, 0.25) is 10.0 Å². The van der Waals surface area contributed by atoms with Crippen molar-refractivity contribution in [2.75, 3.05) is 5.32 Å². The molecule has 0 saturated carbocycles. The molecular weight excluding hydrogens is 406 g/mol. The van der Waals surface area contributed by atoms with Crippen LogP contribution in [-0.2, 0) is 6.18 Å². The number of benzene rings is 2. The monoisotopic (exact) mass is 415 g/mol. The van der Waals surface area contributed by atoms with Gasteiger partial charge in [0.15, 0.2) is 11.2 Å². The second kappa shape index (κ2) is 6.90. The fraction of sp³-hybridized carbons (Fsp3) is 0.111. The summed E-state index contributed by atoms with van der Waals surface area (Å²) in [6, 6.07) is 6.79. The van der Waals surface area contributed by atoms with Crippen molar-refractivity contribution >= 4 is 45.8 Å². The average molecular weight is 416 g/mol. The normalized spacial score (nSPS) is 11.6. The highest BCUT2D eigenvalue weighted by molar-refractivity contribution is 6.32. The minimum Gasteiger partial charge on any atom is -0.451 e. The van der Waals surface area contributed by atoms with Crippen LogP contribution >= 0.6 is 23.2 Å². The molecule has 3 rings (SSSR count). The van der Waals surface area contributed by atoms with Crippen LogP contribution in [0.3, 0.4) is 0 Å². The van der Waals surface area contributed by atoms with Crippen molar-refractivity contribution < 1.29 is 22.4 Å².